The summed E-state index contributed by atoms with van der Waals surface area (Å²) in [6.07, 6.45) is 3.33. The fraction of sp³-hybridized carbons (Fsp3) is 0.240. The van der Waals surface area contributed by atoms with E-state index in [4.69, 9.17) is 4.74 Å². The number of non-ortho nitro benzene ring substituents is 1. The second-order valence-corrected chi connectivity index (χ2v) is 10.0. The van der Waals surface area contributed by atoms with E-state index >= 15 is 0 Å². The standard InChI is InChI=1S/C25H23N3O5S2/c1-14(2)33-24(30)21-15(3)26-25-27(22(21)17-7-11-19(34-4)12-8-17)23(29)20(35-25)13-16-5-9-18(10-6-16)28(31)32/h5-14,22H,1-4H3. The molecule has 180 valence electrons. The first kappa shape index (κ1) is 24.6. The zero-order valence-electron chi connectivity index (χ0n) is 19.6. The number of carbonyl (C=O) groups excluding carboxylic acids is 1. The highest BCUT2D eigenvalue weighted by Crippen LogP contribution is 2.32. The second kappa shape index (κ2) is 10.0. The van der Waals surface area contributed by atoms with Gasteiger partial charge in [0.15, 0.2) is 4.80 Å². The number of nitrogens with zero attached hydrogens (tertiary/aromatic N) is 3. The van der Waals surface area contributed by atoms with Crippen molar-refractivity contribution < 1.29 is 14.5 Å². The van der Waals surface area contributed by atoms with Crippen molar-refractivity contribution in [3.63, 3.8) is 0 Å². The number of esters is 1. The Balaban J connectivity index is 1.89. The van der Waals surface area contributed by atoms with Gasteiger partial charge in [-0.1, -0.05) is 23.5 Å². The molecule has 0 saturated carbocycles. The quantitative estimate of drug-likeness (QED) is 0.217. The van der Waals surface area contributed by atoms with Gasteiger partial charge < -0.3 is 4.74 Å². The fourth-order valence-electron chi connectivity index (χ4n) is 3.81. The van der Waals surface area contributed by atoms with Crippen LogP contribution in [0.1, 0.15) is 37.9 Å². The van der Waals surface area contributed by atoms with Crippen LogP contribution in [0.5, 0.6) is 0 Å². The van der Waals surface area contributed by atoms with Gasteiger partial charge >= 0.3 is 5.97 Å². The number of fused-ring (bicyclic) bond motifs is 1. The molecule has 0 fully saturated rings. The van der Waals surface area contributed by atoms with Gasteiger partial charge in [-0.05, 0) is 68.5 Å². The van der Waals surface area contributed by atoms with Gasteiger partial charge in [-0.15, -0.1) is 11.8 Å². The number of thiazole rings is 1. The molecule has 0 bridgehead atoms. The minimum Gasteiger partial charge on any atom is -0.459 e. The van der Waals surface area contributed by atoms with Gasteiger partial charge in [-0.2, -0.15) is 0 Å². The summed E-state index contributed by atoms with van der Waals surface area (Å²) in [6, 6.07) is 13.0. The molecule has 1 aliphatic rings. The highest BCUT2D eigenvalue weighted by molar-refractivity contribution is 7.98. The molecular formula is C25H23N3O5S2. The molecule has 2 aromatic carbocycles. The number of rotatable bonds is 6. The summed E-state index contributed by atoms with van der Waals surface area (Å²) in [7, 11) is 0. The van der Waals surface area contributed by atoms with Crippen molar-refractivity contribution in [2.24, 2.45) is 4.99 Å². The Morgan fingerprint density at radius 3 is 2.43 bits per heavy atom. The third kappa shape index (κ3) is 4.98. The first-order valence-corrected chi connectivity index (χ1v) is 12.9. The maximum absolute atomic E-state index is 13.6. The minimum atomic E-state index is -0.688. The van der Waals surface area contributed by atoms with Gasteiger partial charge in [0.2, 0.25) is 0 Å². The molecule has 1 aliphatic heterocycles. The topological polar surface area (TPSA) is 104 Å². The summed E-state index contributed by atoms with van der Waals surface area (Å²) in [5.74, 6) is -0.509. The first-order chi connectivity index (χ1) is 16.7. The molecule has 0 spiro atoms. The van der Waals surface area contributed by atoms with Gasteiger partial charge in [-0.25, -0.2) is 9.79 Å². The summed E-state index contributed by atoms with van der Waals surface area (Å²) in [4.78, 5) is 43.3. The Morgan fingerprint density at radius 2 is 1.86 bits per heavy atom. The van der Waals surface area contributed by atoms with E-state index in [0.717, 1.165) is 10.5 Å². The Bertz CT molecular complexity index is 1500. The summed E-state index contributed by atoms with van der Waals surface area (Å²) in [5.41, 5.74) is 1.92. The van der Waals surface area contributed by atoms with Crippen LogP contribution in [0.15, 0.2) is 74.5 Å². The minimum absolute atomic E-state index is 0.0266. The number of ether oxygens (including phenoxy) is 1. The zero-order valence-corrected chi connectivity index (χ0v) is 21.2. The number of hydrogen-bond acceptors (Lipinski definition) is 8. The summed E-state index contributed by atoms with van der Waals surface area (Å²) < 4.78 is 7.45. The largest absolute Gasteiger partial charge is 0.459 e. The van der Waals surface area contributed by atoms with Crippen LogP contribution in [0, 0.1) is 10.1 Å². The van der Waals surface area contributed by atoms with Crippen LogP contribution in [0.3, 0.4) is 0 Å². The number of hydrogen-bond donors (Lipinski definition) is 0. The average Bonchev–Trinajstić information content (AvgIpc) is 3.12. The number of aromatic nitrogens is 1. The number of thioether (sulfide) groups is 1. The van der Waals surface area contributed by atoms with Crippen LogP contribution in [-0.4, -0.2) is 27.8 Å². The van der Waals surface area contributed by atoms with Crippen molar-refractivity contribution in [1.82, 2.24) is 4.57 Å². The SMILES string of the molecule is CSc1ccc(C2C(C(=O)OC(C)C)=C(C)N=c3sc(=Cc4ccc([N+](=O)[O-])cc4)c(=O)n32)cc1. The maximum Gasteiger partial charge on any atom is 0.338 e. The molecule has 0 saturated heterocycles. The predicted molar refractivity (Wildman–Crippen MR) is 136 cm³/mol. The first-order valence-electron chi connectivity index (χ1n) is 10.8. The van der Waals surface area contributed by atoms with E-state index in [1.54, 1.807) is 50.7 Å². The van der Waals surface area contributed by atoms with E-state index in [0.29, 0.717) is 26.2 Å². The predicted octanol–water partition coefficient (Wildman–Crippen LogP) is 3.82. The number of benzene rings is 2. The van der Waals surface area contributed by atoms with E-state index < -0.39 is 16.9 Å². The van der Waals surface area contributed by atoms with E-state index in [9.17, 15) is 19.7 Å². The van der Waals surface area contributed by atoms with Crippen LogP contribution < -0.4 is 14.9 Å². The molecule has 1 atom stereocenters. The molecule has 0 N–H and O–H groups in total. The van der Waals surface area contributed by atoms with Crippen LogP contribution in [0.4, 0.5) is 5.69 Å². The normalized spacial score (nSPS) is 15.7. The van der Waals surface area contributed by atoms with Crippen molar-refractivity contribution in [2.45, 2.75) is 37.8 Å². The molecule has 0 aliphatic carbocycles. The second-order valence-electron chi connectivity index (χ2n) is 8.16. The zero-order chi connectivity index (χ0) is 25.3. The van der Waals surface area contributed by atoms with Crippen molar-refractivity contribution >= 4 is 40.8 Å². The number of allylic oxidation sites excluding steroid dienone is 1. The highest BCUT2D eigenvalue weighted by Gasteiger charge is 2.33. The maximum atomic E-state index is 13.6. The molecule has 10 heteroatoms. The number of nitro benzene ring substituents is 1. The Kier molecular flexibility index (Phi) is 7.04. The molecule has 2 heterocycles. The lowest BCUT2D eigenvalue weighted by molar-refractivity contribution is -0.384. The molecule has 1 unspecified atom stereocenters. The smallest absolute Gasteiger partial charge is 0.338 e. The molecule has 0 amide bonds. The molecule has 35 heavy (non-hydrogen) atoms. The van der Waals surface area contributed by atoms with Gasteiger partial charge in [0, 0.05) is 17.0 Å². The molecular weight excluding hydrogens is 486 g/mol. The van der Waals surface area contributed by atoms with Crippen LogP contribution in [0.2, 0.25) is 0 Å². The monoisotopic (exact) mass is 509 g/mol. The van der Waals surface area contributed by atoms with Gasteiger partial charge in [-0.3, -0.25) is 19.5 Å². The van der Waals surface area contributed by atoms with Gasteiger partial charge in [0.05, 0.1) is 32.9 Å². The summed E-state index contributed by atoms with van der Waals surface area (Å²) in [5, 5.41) is 10.9. The Hall–Kier alpha value is -3.50. The van der Waals surface area contributed by atoms with Crippen LogP contribution in [-0.2, 0) is 9.53 Å². The van der Waals surface area contributed by atoms with Crippen molar-refractivity contribution in [3.05, 3.63) is 101 Å². The molecule has 1 aromatic heterocycles. The molecule has 0 radical (unpaired) electrons. The number of nitro groups is 1. The van der Waals surface area contributed by atoms with E-state index in [-0.39, 0.29) is 17.4 Å². The van der Waals surface area contributed by atoms with E-state index in [2.05, 4.69) is 4.99 Å². The summed E-state index contributed by atoms with van der Waals surface area (Å²) in [6.45, 7) is 5.29. The number of carbonyl (C=O) groups is 1. The lowest BCUT2D eigenvalue weighted by Crippen LogP contribution is -2.40. The average molecular weight is 510 g/mol. The van der Waals surface area contributed by atoms with Crippen LogP contribution >= 0.6 is 23.1 Å². The van der Waals surface area contributed by atoms with E-state index in [1.807, 2.05) is 30.5 Å². The molecule has 8 nitrogen and oxygen atoms in total. The fourth-order valence-corrected chi connectivity index (χ4v) is 5.26. The van der Waals surface area contributed by atoms with Crippen molar-refractivity contribution in [2.75, 3.05) is 6.26 Å². The van der Waals surface area contributed by atoms with Crippen molar-refractivity contribution in [3.8, 4) is 0 Å². The summed E-state index contributed by atoms with van der Waals surface area (Å²) >= 11 is 2.81. The molecule has 3 aromatic rings. The van der Waals surface area contributed by atoms with Gasteiger partial charge in [0.25, 0.3) is 11.2 Å². The third-order valence-electron chi connectivity index (χ3n) is 5.42. The lowest BCUT2D eigenvalue weighted by Gasteiger charge is -2.25. The van der Waals surface area contributed by atoms with Crippen molar-refractivity contribution in [1.29, 1.82) is 0 Å². The highest BCUT2D eigenvalue weighted by atomic mass is 32.2. The van der Waals surface area contributed by atoms with Crippen LogP contribution in [0.25, 0.3) is 6.08 Å². The lowest BCUT2D eigenvalue weighted by atomic mass is 9.96. The Labute approximate surface area is 209 Å². The van der Waals surface area contributed by atoms with E-state index in [1.165, 1.54) is 28.0 Å². The van der Waals surface area contributed by atoms with Gasteiger partial charge in [0.1, 0.15) is 0 Å². The Morgan fingerprint density at radius 1 is 1.20 bits per heavy atom. The third-order valence-corrected chi connectivity index (χ3v) is 7.14. The molecule has 4 rings (SSSR count).